The van der Waals surface area contributed by atoms with Gasteiger partial charge in [0.1, 0.15) is 0 Å². The highest BCUT2D eigenvalue weighted by Gasteiger charge is 2.29. The summed E-state index contributed by atoms with van der Waals surface area (Å²) in [5.74, 6) is -1.62. The van der Waals surface area contributed by atoms with E-state index >= 15 is 0 Å². The number of nitrogens with zero attached hydrogens (tertiary/aromatic N) is 2. The summed E-state index contributed by atoms with van der Waals surface area (Å²) < 4.78 is 0. The van der Waals surface area contributed by atoms with E-state index in [-0.39, 0.29) is 48.8 Å². The van der Waals surface area contributed by atoms with Crippen LogP contribution in [-0.4, -0.2) is 70.2 Å². The molecule has 11 nitrogen and oxygen atoms in total. The third-order valence-electron chi connectivity index (χ3n) is 8.43. The molecule has 2 N–H and O–H groups in total. The second-order valence-corrected chi connectivity index (χ2v) is 14.3. The molecule has 0 saturated heterocycles. The lowest BCUT2D eigenvalue weighted by atomic mass is 9.92. The van der Waals surface area contributed by atoms with Crippen LogP contribution in [0.5, 0.6) is 0 Å². The van der Waals surface area contributed by atoms with Crippen LogP contribution in [0.2, 0.25) is 0 Å². The minimum absolute atomic E-state index is 0.0204. The molecule has 2 heterocycles. The maximum atomic E-state index is 12.9. The Morgan fingerprint density at radius 2 is 1.18 bits per heavy atom. The van der Waals surface area contributed by atoms with Gasteiger partial charge in [-0.3, -0.25) is 43.4 Å². The van der Waals surface area contributed by atoms with Crippen LogP contribution in [0.4, 0.5) is 5.69 Å². The zero-order valence-electron chi connectivity index (χ0n) is 30.8. The van der Waals surface area contributed by atoms with E-state index in [2.05, 4.69) is 38.3 Å². The lowest BCUT2D eigenvalue weighted by Gasteiger charge is -2.23. The number of Topliss-reactive ketones (excluding diaryl/α,β-unsaturated/α-hetero) is 1. The molecule has 0 spiro atoms. The van der Waals surface area contributed by atoms with Crippen molar-refractivity contribution in [1.82, 2.24) is 15.1 Å². The Kier molecular flexibility index (Phi) is 17.5. The van der Waals surface area contributed by atoms with Gasteiger partial charge in [-0.1, -0.05) is 86.3 Å². The van der Waals surface area contributed by atoms with Gasteiger partial charge in [0.2, 0.25) is 11.8 Å². The first-order valence-electron chi connectivity index (χ1n) is 17.9. The Morgan fingerprint density at radius 1 is 0.660 bits per heavy atom. The normalized spacial score (nSPS) is 15.2. The van der Waals surface area contributed by atoms with Gasteiger partial charge < -0.3 is 10.6 Å². The molecule has 274 valence electrons. The predicted octanol–water partition coefficient (Wildman–Crippen LogP) is 5.39. The van der Waals surface area contributed by atoms with E-state index in [1.54, 1.807) is 6.92 Å². The van der Waals surface area contributed by atoms with E-state index in [1.807, 2.05) is 38.1 Å². The summed E-state index contributed by atoms with van der Waals surface area (Å²) in [6, 6.07) is 6.91. The Hall–Kier alpha value is -4.41. The molecule has 0 unspecified atom stereocenters. The molecular formula is C39H56N4O7. The van der Waals surface area contributed by atoms with Gasteiger partial charge in [0.05, 0.1) is 6.04 Å². The van der Waals surface area contributed by atoms with Crippen molar-refractivity contribution in [2.75, 3.05) is 18.4 Å². The highest BCUT2D eigenvalue weighted by atomic mass is 16.2. The van der Waals surface area contributed by atoms with Crippen molar-refractivity contribution in [3.05, 3.63) is 54.1 Å². The molecule has 0 aliphatic carbocycles. The summed E-state index contributed by atoms with van der Waals surface area (Å²) in [4.78, 5) is 85.8. The molecule has 11 heteroatoms. The van der Waals surface area contributed by atoms with Gasteiger partial charge in [-0.05, 0) is 48.3 Å². The maximum Gasteiger partial charge on any atom is 0.253 e. The van der Waals surface area contributed by atoms with Gasteiger partial charge >= 0.3 is 0 Å². The van der Waals surface area contributed by atoms with E-state index in [4.69, 9.17) is 0 Å². The Bertz CT molecular complexity index is 1380. The number of anilines is 1. The minimum atomic E-state index is -0.763. The first-order chi connectivity index (χ1) is 23.6. The monoisotopic (exact) mass is 692 g/mol. The third-order valence-corrected chi connectivity index (χ3v) is 8.43. The number of hydrogen-bond donors (Lipinski definition) is 2. The van der Waals surface area contributed by atoms with Crippen LogP contribution < -0.4 is 10.6 Å². The maximum absolute atomic E-state index is 12.9. The molecule has 0 radical (unpaired) electrons. The molecule has 0 fully saturated rings. The van der Waals surface area contributed by atoms with Crippen molar-refractivity contribution in [1.29, 1.82) is 0 Å². The van der Waals surface area contributed by atoms with Crippen LogP contribution in [0.15, 0.2) is 48.6 Å². The molecule has 50 heavy (non-hydrogen) atoms. The van der Waals surface area contributed by atoms with Crippen molar-refractivity contribution >= 4 is 46.9 Å². The van der Waals surface area contributed by atoms with Gasteiger partial charge in [-0.25, -0.2) is 0 Å². The number of ketones is 1. The molecule has 2 aliphatic heterocycles. The number of carbonyl (C=O) groups excluding carboxylic acids is 7. The Balaban J connectivity index is 0.000000452. The van der Waals surface area contributed by atoms with Crippen molar-refractivity contribution in [3.8, 4) is 0 Å². The predicted molar refractivity (Wildman–Crippen MR) is 193 cm³/mol. The quantitative estimate of drug-likeness (QED) is 0.146. The summed E-state index contributed by atoms with van der Waals surface area (Å²) in [6.45, 7) is 14.6. The van der Waals surface area contributed by atoms with Crippen molar-refractivity contribution in [2.24, 2.45) is 23.7 Å². The van der Waals surface area contributed by atoms with Crippen molar-refractivity contribution in [3.63, 3.8) is 0 Å². The molecule has 0 saturated carbocycles. The first kappa shape index (κ1) is 41.8. The topological polar surface area (TPSA) is 150 Å². The number of rotatable bonds is 19. The van der Waals surface area contributed by atoms with Gasteiger partial charge in [-0.15, -0.1) is 0 Å². The summed E-state index contributed by atoms with van der Waals surface area (Å²) in [5.41, 5.74) is 1.87. The van der Waals surface area contributed by atoms with Gasteiger partial charge in [0.15, 0.2) is 5.78 Å². The number of imide groups is 2. The summed E-state index contributed by atoms with van der Waals surface area (Å²) in [6.07, 6.45) is 11.6. The average molecular weight is 693 g/mol. The van der Waals surface area contributed by atoms with E-state index < -0.39 is 29.7 Å². The first-order valence-corrected chi connectivity index (χ1v) is 17.9. The molecule has 2 aliphatic rings. The Morgan fingerprint density at radius 3 is 1.68 bits per heavy atom. The zero-order chi connectivity index (χ0) is 37.4. The minimum Gasteiger partial charge on any atom is -0.346 e. The standard InChI is InChI=1S/C26H35N3O5.C13H21NO2/c1-16(2)14-19-6-8-20(9-7-19)27-26(34)18(5)15-21(30)25(17(3)4)28-22(31)12-13-29-23(32)10-11-24(29)33;1-11(2)7-5-3-4-6-10-14-12(15)8-9-13(14)16/h6-11,16-18,25H,12-15H2,1-5H3,(H,27,34)(H,28,31);8-9,11H,3-7,10H2,1-2H3/t18-,25+;/m1./s1. The van der Waals surface area contributed by atoms with Crippen LogP contribution in [0.25, 0.3) is 0 Å². The molecule has 1 aromatic rings. The van der Waals surface area contributed by atoms with E-state index in [0.29, 0.717) is 18.2 Å². The summed E-state index contributed by atoms with van der Waals surface area (Å²) in [7, 11) is 0. The highest BCUT2D eigenvalue weighted by Crippen LogP contribution is 2.17. The molecule has 3 rings (SSSR count). The summed E-state index contributed by atoms with van der Waals surface area (Å²) >= 11 is 0. The fourth-order valence-electron chi connectivity index (χ4n) is 5.54. The second-order valence-electron chi connectivity index (χ2n) is 14.3. The van der Waals surface area contributed by atoms with Gasteiger partial charge in [0, 0.05) is 61.8 Å². The zero-order valence-corrected chi connectivity index (χ0v) is 30.8. The van der Waals surface area contributed by atoms with Crippen LogP contribution in [0.3, 0.4) is 0 Å². The van der Waals surface area contributed by atoms with E-state index in [1.165, 1.54) is 41.9 Å². The largest absolute Gasteiger partial charge is 0.346 e. The summed E-state index contributed by atoms with van der Waals surface area (Å²) in [5, 5.41) is 5.54. The van der Waals surface area contributed by atoms with E-state index in [9.17, 15) is 33.6 Å². The number of carbonyl (C=O) groups is 7. The third kappa shape index (κ3) is 14.6. The number of amides is 6. The van der Waals surface area contributed by atoms with Crippen molar-refractivity contribution in [2.45, 2.75) is 106 Å². The Labute approximate surface area is 297 Å². The molecular weight excluding hydrogens is 636 g/mol. The van der Waals surface area contributed by atoms with Crippen LogP contribution in [0.1, 0.15) is 99.0 Å². The second kappa shape index (κ2) is 21.0. The number of unbranched alkanes of at least 4 members (excludes halogenated alkanes) is 3. The lowest BCUT2D eigenvalue weighted by Crippen LogP contribution is -2.46. The molecule has 6 amide bonds. The lowest BCUT2D eigenvalue weighted by molar-refractivity contribution is -0.139. The van der Waals surface area contributed by atoms with Crippen LogP contribution >= 0.6 is 0 Å². The number of nitrogens with one attached hydrogen (secondary N) is 2. The van der Waals surface area contributed by atoms with Crippen molar-refractivity contribution < 1.29 is 33.6 Å². The highest BCUT2D eigenvalue weighted by molar-refractivity contribution is 6.13. The number of hydrogen-bond acceptors (Lipinski definition) is 7. The SMILES string of the molecule is CC(C)CCCCCCN1C(=O)C=CC1=O.CC(C)Cc1ccc(NC(=O)[C@H](C)CC(=O)[C@@H](NC(=O)CCN2C(=O)C=CC2=O)C(C)C)cc1. The fourth-order valence-corrected chi connectivity index (χ4v) is 5.54. The molecule has 0 bridgehead atoms. The fraction of sp³-hybridized carbons (Fsp3) is 0.564. The number of benzene rings is 1. The van der Waals surface area contributed by atoms with E-state index in [0.717, 1.165) is 42.2 Å². The molecule has 2 atom stereocenters. The van der Waals surface area contributed by atoms with Crippen LogP contribution in [0, 0.1) is 23.7 Å². The molecule has 1 aromatic carbocycles. The van der Waals surface area contributed by atoms with Crippen LogP contribution in [-0.2, 0) is 40.0 Å². The van der Waals surface area contributed by atoms with Gasteiger partial charge in [-0.2, -0.15) is 0 Å². The smallest absolute Gasteiger partial charge is 0.253 e. The van der Waals surface area contributed by atoms with Gasteiger partial charge in [0.25, 0.3) is 23.6 Å². The average Bonchev–Trinajstić information content (AvgIpc) is 3.54. The molecule has 0 aromatic heterocycles.